The van der Waals surface area contributed by atoms with Gasteiger partial charge in [0.15, 0.2) is 0 Å². The van der Waals surface area contributed by atoms with Crippen LogP contribution in [0.25, 0.3) is 0 Å². The fourth-order valence-corrected chi connectivity index (χ4v) is 0.392. The van der Waals surface area contributed by atoms with Gasteiger partial charge < -0.3 is 4.90 Å². The average molecular weight is 127 g/mol. The highest BCUT2D eigenvalue weighted by molar-refractivity contribution is 5.72. The number of hydrogen-bond donors (Lipinski definition) is 0. The zero-order chi connectivity index (χ0) is 7.28. The summed E-state index contributed by atoms with van der Waals surface area (Å²) in [4.78, 5) is 12.2. The summed E-state index contributed by atoms with van der Waals surface area (Å²) >= 11 is 0. The Kier molecular flexibility index (Phi) is 3.76. The lowest BCUT2D eigenvalue weighted by Gasteiger charge is -2.10. The van der Waals surface area contributed by atoms with Crippen molar-refractivity contribution in [3.05, 3.63) is 12.2 Å². The van der Waals surface area contributed by atoms with Crippen molar-refractivity contribution in [3.63, 3.8) is 0 Å². The second-order valence-electron chi connectivity index (χ2n) is 1.97. The van der Waals surface area contributed by atoms with Gasteiger partial charge in [0.05, 0.1) is 0 Å². The van der Waals surface area contributed by atoms with Crippen LogP contribution in [0, 0.1) is 0 Å². The first kappa shape index (κ1) is 8.21. The summed E-state index contributed by atoms with van der Waals surface area (Å²) in [5.74, 6) is 0.105. The maximum atomic E-state index is 10.5. The molecule has 9 heavy (non-hydrogen) atoms. The quantitative estimate of drug-likeness (QED) is 0.507. The molecule has 0 saturated carbocycles. The topological polar surface area (TPSA) is 20.3 Å². The lowest BCUT2D eigenvalue weighted by molar-refractivity contribution is -0.127. The molecule has 0 bridgehead atoms. The van der Waals surface area contributed by atoms with Crippen LogP contribution in [0.3, 0.4) is 0 Å². The Morgan fingerprint density at radius 3 is 2.56 bits per heavy atom. The van der Waals surface area contributed by atoms with Crippen molar-refractivity contribution in [1.29, 1.82) is 0 Å². The molecule has 0 aliphatic heterocycles. The van der Waals surface area contributed by atoms with Crippen LogP contribution in [0.5, 0.6) is 0 Å². The molecule has 0 N–H and O–H groups in total. The molecule has 0 radical (unpaired) electrons. The molecular formula is C7H13NO. The van der Waals surface area contributed by atoms with Crippen LogP contribution in [-0.4, -0.2) is 24.4 Å². The maximum absolute atomic E-state index is 10.5. The largest absolute Gasteiger partial charge is 0.342 e. The maximum Gasteiger partial charge on any atom is 0.219 e. The molecule has 0 fully saturated rings. The summed E-state index contributed by atoms with van der Waals surface area (Å²) in [6.45, 7) is 4.21. The van der Waals surface area contributed by atoms with Crippen molar-refractivity contribution >= 4 is 5.91 Å². The fraction of sp³-hybridized carbons (Fsp3) is 0.571. The van der Waals surface area contributed by atoms with E-state index >= 15 is 0 Å². The first-order chi connectivity index (χ1) is 4.18. The van der Waals surface area contributed by atoms with Gasteiger partial charge in [0.2, 0.25) is 5.91 Å². The van der Waals surface area contributed by atoms with Crippen molar-refractivity contribution in [3.8, 4) is 0 Å². The van der Waals surface area contributed by atoms with E-state index in [2.05, 4.69) is 0 Å². The Morgan fingerprint density at radius 2 is 2.22 bits per heavy atom. The molecule has 0 heterocycles. The molecule has 0 aromatic heterocycles. The van der Waals surface area contributed by atoms with Gasteiger partial charge in [-0.2, -0.15) is 0 Å². The van der Waals surface area contributed by atoms with Crippen molar-refractivity contribution in [2.24, 2.45) is 0 Å². The van der Waals surface area contributed by atoms with Gasteiger partial charge in [-0.1, -0.05) is 12.2 Å². The average Bonchev–Trinajstić information content (AvgIpc) is 1.82. The van der Waals surface area contributed by atoms with Gasteiger partial charge in [-0.05, 0) is 6.92 Å². The number of carbonyl (C=O) groups is 1. The smallest absolute Gasteiger partial charge is 0.219 e. The molecule has 0 atom stereocenters. The molecule has 0 aromatic rings. The Bertz CT molecular complexity index is 118. The van der Waals surface area contributed by atoms with E-state index in [0.717, 1.165) is 0 Å². The number of nitrogens with zero attached hydrogens (tertiary/aromatic N) is 1. The zero-order valence-corrected chi connectivity index (χ0v) is 6.22. The van der Waals surface area contributed by atoms with E-state index < -0.39 is 0 Å². The highest BCUT2D eigenvalue weighted by Gasteiger charge is 1.95. The molecule has 1 amide bonds. The molecule has 2 heteroatoms. The van der Waals surface area contributed by atoms with Gasteiger partial charge in [0.25, 0.3) is 0 Å². The van der Waals surface area contributed by atoms with Crippen LogP contribution >= 0.6 is 0 Å². The van der Waals surface area contributed by atoms with Gasteiger partial charge in [-0.15, -0.1) is 0 Å². The molecule has 0 aliphatic rings. The van der Waals surface area contributed by atoms with Crippen molar-refractivity contribution in [2.45, 2.75) is 13.8 Å². The van der Waals surface area contributed by atoms with Gasteiger partial charge in [0.1, 0.15) is 0 Å². The third-order valence-electron chi connectivity index (χ3n) is 1.15. The number of amides is 1. The van der Waals surface area contributed by atoms with Crippen LogP contribution in [0.1, 0.15) is 13.8 Å². The minimum atomic E-state index is 0.105. The standard InChI is InChI=1S/C7H13NO/c1-4-5-6-8(3)7(2)9/h4-5H,6H2,1-3H3/b5-4+. The number of carbonyl (C=O) groups excluding carboxylic acids is 1. The predicted octanol–water partition coefficient (Wildman–Crippen LogP) is 1.04. The summed E-state index contributed by atoms with van der Waals surface area (Å²) in [5.41, 5.74) is 0. The summed E-state index contributed by atoms with van der Waals surface area (Å²) < 4.78 is 0. The molecule has 52 valence electrons. The Hall–Kier alpha value is -0.790. The van der Waals surface area contributed by atoms with Crippen molar-refractivity contribution in [2.75, 3.05) is 13.6 Å². The summed E-state index contributed by atoms with van der Waals surface area (Å²) in [6, 6.07) is 0. The minimum absolute atomic E-state index is 0.105. The van der Waals surface area contributed by atoms with E-state index in [-0.39, 0.29) is 5.91 Å². The summed E-state index contributed by atoms with van der Waals surface area (Å²) in [6.07, 6.45) is 3.88. The van der Waals surface area contributed by atoms with Gasteiger partial charge in [-0.25, -0.2) is 0 Å². The van der Waals surface area contributed by atoms with Crippen LogP contribution < -0.4 is 0 Å². The fourth-order valence-electron chi connectivity index (χ4n) is 0.392. The predicted molar refractivity (Wildman–Crippen MR) is 38.1 cm³/mol. The Morgan fingerprint density at radius 1 is 1.67 bits per heavy atom. The number of rotatable bonds is 2. The molecule has 0 saturated heterocycles. The summed E-state index contributed by atoms with van der Waals surface area (Å²) in [5, 5.41) is 0. The third-order valence-corrected chi connectivity index (χ3v) is 1.15. The molecule has 0 aliphatic carbocycles. The molecule has 0 unspecified atom stereocenters. The Labute approximate surface area is 56.2 Å². The van der Waals surface area contributed by atoms with E-state index in [4.69, 9.17) is 0 Å². The molecule has 0 rings (SSSR count). The summed E-state index contributed by atoms with van der Waals surface area (Å²) in [7, 11) is 1.78. The normalized spacial score (nSPS) is 10.1. The number of allylic oxidation sites excluding steroid dienone is 1. The zero-order valence-electron chi connectivity index (χ0n) is 6.22. The SMILES string of the molecule is C/C=C/CN(C)C(C)=O. The van der Waals surface area contributed by atoms with Gasteiger partial charge in [-0.3, -0.25) is 4.79 Å². The van der Waals surface area contributed by atoms with E-state index in [0.29, 0.717) is 6.54 Å². The van der Waals surface area contributed by atoms with Gasteiger partial charge in [0, 0.05) is 20.5 Å². The lowest BCUT2D eigenvalue weighted by atomic mass is 10.4. The van der Waals surface area contributed by atoms with Crippen LogP contribution in [0.15, 0.2) is 12.2 Å². The van der Waals surface area contributed by atoms with Crippen LogP contribution in [-0.2, 0) is 4.79 Å². The van der Waals surface area contributed by atoms with Crippen LogP contribution in [0.2, 0.25) is 0 Å². The molecule has 2 nitrogen and oxygen atoms in total. The Balaban J connectivity index is 3.50. The van der Waals surface area contributed by atoms with E-state index in [9.17, 15) is 4.79 Å². The van der Waals surface area contributed by atoms with Crippen molar-refractivity contribution in [1.82, 2.24) is 4.90 Å². The van der Waals surface area contributed by atoms with E-state index in [1.807, 2.05) is 19.1 Å². The molecule has 0 aromatic carbocycles. The van der Waals surface area contributed by atoms with E-state index in [1.165, 1.54) is 0 Å². The second-order valence-corrected chi connectivity index (χ2v) is 1.97. The minimum Gasteiger partial charge on any atom is -0.342 e. The number of likely N-dealkylation sites (N-methyl/N-ethyl adjacent to an activating group) is 1. The monoisotopic (exact) mass is 127 g/mol. The van der Waals surface area contributed by atoms with Crippen LogP contribution in [0.4, 0.5) is 0 Å². The van der Waals surface area contributed by atoms with Crippen molar-refractivity contribution < 1.29 is 4.79 Å². The van der Waals surface area contributed by atoms with E-state index in [1.54, 1.807) is 18.9 Å². The van der Waals surface area contributed by atoms with Gasteiger partial charge >= 0.3 is 0 Å². The lowest BCUT2D eigenvalue weighted by Crippen LogP contribution is -2.23. The second kappa shape index (κ2) is 4.13. The first-order valence-corrected chi connectivity index (χ1v) is 3.01. The molecular weight excluding hydrogens is 114 g/mol. The molecule has 0 spiro atoms. The first-order valence-electron chi connectivity index (χ1n) is 3.01. The number of hydrogen-bond acceptors (Lipinski definition) is 1. The third kappa shape index (κ3) is 3.76. The highest BCUT2D eigenvalue weighted by atomic mass is 16.2. The highest BCUT2D eigenvalue weighted by Crippen LogP contribution is 1.82.